The number of nitrogens with zero attached hydrogens (tertiary/aromatic N) is 1. The zero-order chi connectivity index (χ0) is 17.7. The highest BCUT2D eigenvalue weighted by molar-refractivity contribution is 6.32. The number of aryl methyl sites for hydroxylation is 1. The Balaban J connectivity index is 1.44. The molecule has 2 heterocycles. The summed E-state index contributed by atoms with van der Waals surface area (Å²) in [7, 11) is 0. The second-order valence-corrected chi connectivity index (χ2v) is 7.51. The van der Waals surface area contributed by atoms with Crippen LogP contribution in [0.5, 0.6) is 5.75 Å². The Bertz CT molecular complexity index is 577. The number of piperidine rings is 1. The summed E-state index contributed by atoms with van der Waals surface area (Å²) < 4.78 is 11.2. The van der Waals surface area contributed by atoms with Crippen LogP contribution in [-0.4, -0.2) is 50.4 Å². The van der Waals surface area contributed by atoms with Crippen molar-refractivity contribution in [2.75, 3.05) is 39.5 Å². The van der Waals surface area contributed by atoms with E-state index in [0.717, 1.165) is 51.1 Å². The Morgan fingerprint density at radius 3 is 2.92 bits per heavy atom. The van der Waals surface area contributed by atoms with Gasteiger partial charge in [0.2, 0.25) is 0 Å². The zero-order valence-electron chi connectivity index (χ0n) is 14.9. The van der Waals surface area contributed by atoms with E-state index < -0.39 is 0 Å². The molecule has 0 unspecified atom stereocenters. The lowest BCUT2D eigenvalue weighted by molar-refractivity contribution is -0.0186. The maximum atomic E-state index is 12.5. The van der Waals surface area contributed by atoms with Crippen LogP contribution in [0.15, 0.2) is 18.2 Å². The molecule has 0 bridgehead atoms. The normalized spacial score (nSPS) is 19.7. The van der Waals surface area contributed by atoms with Crippen molar-refractivity contribution in [3.8, 4) is 5.75 Å². The van der Waals surface area contributed by atoms with E-state index in [1.165, 1.54) is 6.42 Å². The molecule has 0 aromatic heterocycles. The number of benzene rings is 1. The quantitative estimate of drug-likeness (QED) is 0.828. The maximum absolute atomic E-state index is 12.5. The van der Waals surface area contributed by atoms with Gasteiger partial charge in [0.25, 0.3) is 0 Å². The molecule has 6 heteroatoms. The van der Waals surface area contributed by atoms with Crippen molar-refractivity contribution in [3.63, 3.8) is 0 Å². The molecule has 5 nitrogen and oxygen atoms in total. The molecule has 2 fully saturated rings. The first-order valence-corrected chi connectivity index (χ1v) is 9.46. The molecule has 2 saturated heterocycles. The summed E-state index contributed by atoms with van der Waals surface area (Å²) in [5.74, 6) is 0.692. The molecule has 1 aromatic rings. The third-order valence-electron chi connectivity index (χ3n) is 5.29. The molecule has 0 atom stereocenters. The van der Waals surface area contributed by atoms with Gasteiger partial charge < -0.3 is 19.7 Å². The van der Waals surface area contributed by atoms with Crippen molar-refractivity contribution in [1.29, 1.82) is 0 Å². The predicted molar refractivity (Wildman–Crippen MR) is 98.4 cm³/mol. The number of hydrogen-bond acceptors (Lipinski definition) is 3. The lowest BCUT2D eigenvalue weighted by atomic mass is 9.74. The van der Waals surface area contributed by atoms with Crippen molar-refractivity contribution < 1.29 is 14.3 Å². The van der Waals surface area contributed by atoms with Crippen molar-refractivity contribution >= 4 is 17.6 Å². The van der Waals surface area contributed by atoms with Crippen molar-refractivity contribution in [3.05, 3.63) is 28.8 Å². The number of carbonyl (C=O) groups is 1. The fourth-order valence-corrected chi connectivity index (χ4v) is 4.09. The van der Waals surface area contributed by atoms with E-state index in [4.69, 9.17) is 21.1 Å². The smallest absolute Gasteiger partial charge is 0.317 e. The molecule has 2 amide bonds. The highest BCUT2D eigenvalue weighted by Crippen LogP contribution is 2.39. The molecule has 2 aliphatic heterocycles. The summed E-state index contributed by atoms with van der Waals surface area (Å²) in [6.45, 7) is 6.15. The van der Waals surface area contributed by atoms with Gasteiger partial charge in [-0.2, -0.15) is 0 Å². The van der Waals surface area contributed by atoms with Crippen LogP contribution in [0, 0.1) is 12.3 Å². The lowest BCUT2D eigenvalue weighted by Gasteiger charge is -2.45. The summed E-state index contributed by atoms with van der Waals surface area (Å²) in [4.78, 5) is 14.4. The average Bonchev–Trinajstić information content (AvgIpc) is 2.61. The Morgan fingerprint density at radius 1 is 1.36 bits per heavy atom. The van der Waals surface area contributed by atoms with Crippen LogP contribution in [-0.2, 0) is 4.74 Å². The second-order valence-electron chi connectivity index (χ2n) is 7.10. The van der Waals surface area contributed by atoms with Crippen LogP contribution in [0.4, 0.5) is 4.79 Å². The van der Waals surface area contributed by atoms with Crippen LogP contribution in [0.2, 0.25) is 5.02 Å². The minimum atomic E-state index is 0.00467. The summed E-state index contributed by atoms with van der Waals surface area (Å²) >= 11 is 6.14. The number of para-hydroxylation sites is 1. The SMILES string of the molecule is Cc1cccc(Cl)c1OCCNC(=O)N1CCCC2(CCOCC2)C1. The van der Waals surface area contributed by atoms with E-state index in [1.807, 2.05) is 30.0 Å². The molecule has 138 valence electrons. The number of hydrogen-bond donors (Lipinski definition) is 1. The van der Waals surface area contributed by atoms with E-state index in [9.17, 15) is 4.79 Å². The summed E-state index contributed by atoms with van der Waals surface area (Å²) in [6, 6.07) is 5.67. The van der Waals surface area contributed by atoms with Crippen LogP contribution in [0.3, 0.4) is 0 Å². The lowest BCUT2D eigenvalue weighted by Crippen LogP contribution is -2.51. The van der Waals surface area contributed by atoms with Crippen molar-refractivity contribution in [2.24, 2.45) is 5.41 Å². The molecule has 1 N–H and O–H groups in total. The Morgan fingerprint density at radius 2 is 2.16 bits per heavy atom. The van der Waals surface area contributed by atoms with Gasteiger partial charge in [-0.1, -0.05) is 23.7 Å². The number of likely N-dealkylation sites (tertiary alicyclic amines) is 1. The topological polar surface area (TPSA) is 50.8 Å². The first-order chi connectivity index (χ1) is 12.1. The van der Waals surface area contributed by atoms with Gasteiger partial charge in [-0.15, -0.1) is 0 Å². The molecule has 0 radical (unpaired) electrons. The number of carbonyl (C=O) groups excluding carboxylic acids is 1. The summed E-state index contributed by atoms with van der Waals surface area (Å²) in [6.07, 6.45) is 4.40. The molecular weight excluding hydrogens is 340 g/mol. The van der Waals surface area contributed by atoms with E-state index in [1.54, 1.807) is 0 Å². The van der Waals surface area contributed by atoms with Gasteiger partial charge in [-0.3, -0.25) is 0 Å². The number of urea groups is 1. The average molecular weight is 367 g/mol. The second kappa shape index (κ2) is 8.28. The molecule has 25 heavy (non-hydrogen) atoms. The molecule has 0 aliphatic carbocycles. The molecule has 2 aliphatic rings. The highest BCUT2D eigenvalue weighted by Gasteiger charge is 2.38. The largest absolute Gasteiger partial charge is 0.490 e. The first kappa shape index (κ1) is 18.3. The van der Waals surface area contributed by atoms with Gasteiger partial charge in [-0.05, 0) is 49.7 Å². The Hall–Kier alpha value is -1.46. The van der Waals surface area contributed by atoms with Crippen molar-refractivity contribution in [1.82, 2.24) is 10.2 Å². The van der Waals surface area contributed by atoms with E-state index in [0.29, 0.717) is 23.9 Å². The Kier molecular flexibility index (Phi) is 6.07. The first-order valence-electron chi connectivity index (χ1n) is 9.08. The van der Waals surface area contributed by atoms with E-state index >= 15 is 0 Å². The van der Waals surface area contributed by atoms with Crippen LogP contribution in [0.25, 0.3) is 0 Å². The third kappa shape index (κ3) is 4.59. The minimum absolute atomic E-state index is 0.00467. The fourth-order valence-electron chi connectivity index (χ4n) is 3.82. The summed E-state index contributed by atoms with van der Waals surface area (Å²) in [5, 5.41) is 3.57. The van der Waals surface area contributed by atoms with Gasteiger partial charge in [-0.25, -0.2) is 4.79 Å². The number of halogens is 1. The number of nitrogens with one attached hydrogen (secondary N) is 1. The Labute approximate surface area is 154 Å². The zero-order valence-corrected chi connectivity index (χ0v) is 15.6. The van der Waals surface area contributed by atoms with Crippen LogP contribution >= 0.6 is 11.6 Å². The predicted octanol–water partition coefficient (Wildman–Crippen LogP) is 3.63. The van der Waals surface area contributed by atoms with Gasteiger partial charge in [0, 0.05) is 26.3 Å². The highest BCUT2D eigenvalue weighted by atomic mass is 35.5. The minimum Gasteiger partial charge on any atom is -0.490 e. The van der Waals surface area contributed by atoms with Gasteiger partial charge in [0.05, 0.1) is 11.6 Å². The molecule has 1 aromatic carbocycles. The van der Waals surface area contributed by atoms with Gasteiger partial charge in [0.15, 0.2) is 0 Å². The number of ether oxygens (including phenoxy) is 2. The molecule has 3 rings (SSSR count). The van der Waals surface area contributed by atoms with Gasteiger partial charge in [0.1, 0.15) is 12.4 Å². The number of amides is 2. The monoisotopic (exact) mass is 366 g/mol. The van der Waals surface area contributed by atoms with Gasteiger partial charge >= 0.3 is 6.03 Å². The fraction of sp³-hybridized carbons (Fsp3) is 0.632. The van der Waals surface area contributed by atoms with Crippen molar-refractivity contribution in [2.45, 2.75) is 32.6 Å². The van der Waals surface area contributed by atoms with Crippen LogP contribution in [0.1, 0.15) is 31.2 Å². The summed E-state index contributed by atoms with van der Waals surface area (Å²) in [5.41, 5.74) is 1.26. The molecule has 0 saturated carbocycles. The maximum Gasteiger partial charge on any atom is 0.317 e. The van der Waals surface area contributed by atoms with E-state index in [-0.39, 0.29) is 11.4 Å². The van der Waals surface area contributed by atoms with Crippen LogP contribution < -0.4 is 10.1 Å². The third-order valence-corrected chi connectivity index (χ3v) is 5.59. The van der Waals surface area contributed by atoms with E-state index in [2.05, 4.69) is 5.32 Å². The molecule has 1 spiro atoms. The standard InChI is InChI=1S/C19H27ClN2O3/c1-15-4-2-5-16(20)17(15)25-13-9-21-18(23)22-10-3-6-19(14-22)7-11-24-12-8-19/h2,4-5H,3,6-14H2,1H3,(H,21,23). The number of rotatable bonds is 4. The molecular formula is C19H27ClN2O3.